The highest BCUT2D eigenvalue weighted by molar-refractivity contribution is 9.10. The van der Waals surface area contributed by atoms with Crippen molar-refractivity contribution in [3.63, 3.8) is 0 Å². The number of anilines is 1. The molecule has 2 amide bonds. The van der Waals surface area contributed by atoms with Crippen molar-refractivity contribution in [1.82, 2.24) is 4.90 Å². The minimum absolute atomic E-state index is 0.0235. The van der Waals surface area contributed by atoms with Crippen LogP contribution in [-0.2, 0) is 14.6 Å². The molecule has 0 aromatic heterocycles. The Morgan fingerprint density at radius 3 is 2.06 bits per heavy atom. The summed E-state index contributed by atoms with van der Waals surface area (Å²) >= 11 is 3.12. The van der Waals surface area contributed by atoms with E-state index in [1.807, 2.05) is 5.32 Å². The lowest BCUT2D eigenvalue weighted by Crippen LogP contribution is -2.52. The molecule has 0 fully saturated rings. The molecule has 174 valence electrons. The Bertz CT molecular complexity index is 1160. The molecule has 0 heterocycles. The fourth-order valence-electron chi connectivity index (χ4n) is 2.54. The summed E-state index contributed by atoms with van der Waals surface area (Å²) in [4.78, 5) is 25.0. The van der Waals surface area contributed by atoms with Crippen LogP contribution in [0.4, 0.5) is 18.9 Å². The molecule has 0 aliphatic rings. The lowest BCUT2D eigenvalue weighted by atomic mass is 10.1. The van der Waals surface area contributed by atoms with Crippen molar-refractivity contribution in [3.05, 3.63) is 52.0 Å². The smallest absolute Gasteiger partial charge is 0.373 e. The number of alkyl halides is 3. The summed E-state index contributed by atoms with van der Waals surface area (Å²) < 4.78 is 64.7. The number of nitrogens with one attached hydrogen (secondary N) is 1. The van der Waals surface area contributed by atoms with Gasteiger partial charge in [0, 0.05) is 29.8 Å². The van der Waals surface area contributed by atoms with Gasteiger partial charge in [-0.2, -0.15) is 13.2 Å². The molecule has 32 heavy (non-hydrogen) atoms. The van der Waals surface area contributed by atoms with Crippen LogP contribution < -0.4 is 5.32 Å². The Hall–Kier alpha value is -2.44. The largest absolute Gasteiger partial charge is 0.426 e. The summed E-state index contributed by atoms with van der Waals surface area (Å²) in [6.07, 6.45) is -5.20. The lowest BCUT2D eigenvalue weighted by molar-refractivity contribution is -0.242. The van der Waals surface area contributed by atoms with Gasteiger partial charge in [-0.15, -0.1) is 0 Å². The minimum atomic E-state index is -5.20. The minimum Gasteiger partial charge on any atom is -0.373 e. The van der Waals surface area contributed by atoms with Gasteiger partial charge in [-0.25, -0.2) is 8.42 Å². The van der Waals surface area contributed by atoms with Crippen LogP contribution >= 0.6 is 15.9 Å². The molecule has 0 saturated heterocycles. The number of sulfone groups is 1. The van der Waals surface area contributed by atoms with Crippen LogP contribution in [0.5, 0.6) is 0 Å². The van der Waals surface area contributed by atoms with Crippen molar-refractivity contribution in [2.75, 3.05) is 19.4 Å². The van der Waals surface area contributed by atoms with Crippen molar-refractivity contribution in [3.8, 4) is 0 Å². The van der Waals surface area contributed by atoms with Crippen molar-refractivity contribution >= 4 is 43.3 Å². The van der Waals surface area contributed by atoms with E-state index in [-0.39, 0.29) is 31.4 Å². The van der Waals surface area contributed by atoms with Crippen LogP contribution in [0.15, 0.2) is 50.7 Å². The number of carbonyl (C=O) groups is 2. The number of amides is 2. The van der Waals surface area contributed by atoms with E-state index in [1.165, 1.54) is 36.1 Å². The zero-order valence-electron chi connectivity index (χ0n) is 17.4. The molecule has 0 bridgehead atoms. The van der Waals surface area contributed by atoms with Gasteiger partial charge in [-0.1, -0.05) is 0 Å². The standard InChI is InChI=1S/C20H20BrF3N2O5S/c1-11-14(25-18(28)19(2,29)20(22,23)24)9-10-15(16(11)21)32(30,31)13-7-5-12(6-8-13)17(27)26(3)4/h5-10,29H,1-4H3,(H,25,28). The van der Waals surface area contributed by atoms with Gasteiger partial charge in [0.05, 0.1) is 9.79 Å². The van der Waals surface area contributed by atoms with E-state index >= 15 is 0 Å². The number of benzene rings is 2. The average Bonchev–Trinajstić information content (AvgIpc) is 2.69. The third kappa shape index (κ3) is 4.81. The summed E-state index contributed by atoms with van der Waals surface area (Å²) in [6, 6.07) is 7.51. The van der Waals surface area contributed by atoms with Crippen molar-refractivity contribution in [2.24, 2.45) is 0 Å². The SMILES string of the molecule is Cc1c(NC(=O)C(C)(O)C(F)(F)F)ccc(S(=O)(=O)c2ccc(C(=O)N(C)C)cc2)c1Br. The highest BCUT2D eigenvalue weighted by Gasteiger charge is 2.55. The van der Waals surface area contributed by atoms with Crippen molar-refractivity contribution < 1.29 is 36.3 Å². The van der Waals surface area contributed by atoms with Crippen molar-refractivity contribution in [1.29, 1.82) is 0 Å². The zero-order chi connectivity index (χ0) is 24.6. The molecule has 0 aliphatic carbocycles. The molecule has 12 heteroatoms. The van der Waals surface area contributed by atoms with Gasteiger partial charge in [-0.05, 0) is 71.7 Å². The van der Waals surface area contributed by atoms with Crippen LogP contribution in [0.3, 0.4) is 0 Å². The predicted octanol–water partition coefficient (Wildman–Crippen LogP) is 3.54. The van der Waals surface area contributed by atoms with E-state index in [1.54, 1.807) is 14.1 Å². The quantitative estimate of drug-likeness (QED) is 0.608. The van der Waals surface area contributed by atoms with E-state index in [2.05, 4.69) is 15.9 Å². The monoisotopic (exact) mass is 536 g/mol. The summed E-state index contributed by atoms with van der Waals surface area (Å²) in [5.41, 5.74) is -3.32. The molecule has 2 aromatic rings. The molecule has 1 atom stereocenters. The van der Waals surface area contributed by atoms with Crippen LogP contribution in [0.1, 0.15) is 22.8 Å². The second-order valence-electron chi connectivity index (χ2n) is 7.30. The molecule has 0 radical (unpaired) electrons. The first-order valence-corrected chi connectivity index (χ1v) is 11.3. The number of rotatable bonds is 5. The molecular weight excluding hydrogens is 517 g/mol. The van der Waals surface area contributed by atoms with E-state index in [0.29, 0.717) is 12.5 Å². The second kappa shape index (κ2) is 8.83. The molecular formula is C20H20BrF3N2O5S. The third-order valence-electron chi connectivity index (χ3n) is 4.70. The van der Waals surface area contributed by atoms with Gasteiger partial charge in [0.1, 0.15) is 0 Å². The molecule has 2 rings (SSSR count). The first kappa shape index (κ1) is 25.8. The predicted molar refractivity (Wildman–Crippen MR) is 114 cm³/mol. The van der Waals surface area contributed by atoms with E-state index in [0.717, 1.165) is 12.1 Å². The fraction of sp³-hybridized carbons (Fsp3) is 0.300. The maximum Gasteiger partial charge on any atom is 0.426 e. The van der Waals surface area contributed by atoms with E-state index in [4.69, 9.17) is 0 Å². The zero-order valence-corrected chi connectivity index (χ0v) is 19.8. The topological polar surface area (TPSA) is 104 Å². The van der Waals surface area contributed by atoms with Gasteiger partial charge in [0.2, 0.25) is 15.4 Å². The van der Waals surface area contributed by atoms with Gasteiger partial charge < -0.3 is 15.3 Å². The number of hydrogen-bond donors (Lipinski definition) is 2. The highest BCUT2D eigenvalue weighted by atomic mass is 79.9. The van der Waals surface area contributed by atoms with Crippen LogP contribution in [0.25, 0.3) is 0 Å². The first-order valence-electron chi connectivity index (χ1n) is 8.98. The Morgan fingerprint density at radius 2 is 1.59 bits per heavy atom. The Morgan fingerprint density at radius 1 is 1.06 bits per heavy atom. The Labute approximate surface area is 191 Å². The van der Waals surface area contributed by atoms with Crippen LogP contribution in [0.2, 0.25) is 0 Å². The first-order chi connectivity index (χ1) is 14.5. The van der Waals surface area contributed by atoms with E-state index < -0.39 is 27.5 Å². The average molecular weight is 537 g/mol. The van der Waals surface area contributed by atoms with E-state index in [9.17, 15) is 36.3 Å². The summed E-state index contributed by atoms with van der Waals surface area (Å²) in [7, 11) is -0.952. The Kier molecular flexibility index (Phi) is 7.13. The summed E-state index contributed by atoms with van der Waals surface area (Å²) in [6.45, 7) is 1.70. The molecule has 7 nitrogen and oxygen atoms in total. The van der Waals surface area contributed by atoms with Gasteiger partial charge in [0.25, 0.3) is 11.8 Å². The number of hydrogen-bond acceptors (Lipinski definition) is 5. The summed E-state index contributed by atoms with van der Waals surface area (Å²) in [5, 5.41) is 11.5. The third-order valence-corrected chi connectivity index (χ3v) is 7.80. The van der Waals surface area contributed by atoms with Crippen molar-refractivity contribution in [2.45, 2.75) is 35.4 Å². The number of halogens is 4. The molecule has 2 N–H and O–H groups in total. The number of nitrogens with zero attached hydrogens (tertiary/aromatic N) is 1. The second-order valence-corrected chi connectivity index (χ2v) is 10.0. The van der Waals surface area contributed by atoms with Crippen LogP contribution in [-0.4, -0.2) is 56.1 Å². The number of carbonyl (C=O) groups excluding carboxylic acids is 2. The lowest BCUT2D eigenvalue weighted by Gasteiger charge is -2.25. The van der Waals surface area contributed by atoms with Gasteiger partial charge >= 0.3 is 6.18 Å². The Balaban J connectivity index is 2.41. The fourth-order valence-corrected chi connectivity index (χ4v) is 4.91. The molecule has 0 spiro atoms. The van der Waals surface area contributed by atoms with Gasteiger partial charge in [-0.3, -0.25) is 9.59 Å². The highest BCUT2D eigenvalue weighted by Crippen LogP contribution is 2.36. The molecule has 1 unspecified atom stereocenters. The summed E-state index contributed by atoms with van der Waals surface area (Å²) in [5.74, 6) is -2.02. The van der Waals surface area contributed by atoms with Gasteiger partial charge in [0.15, 0.2) is 0 Å². The molecule has 2 aromatic carbocycles. The maximum atomic E-state index is 13.0. The normalized spacial score (nSPS) is 13.9. The molecule has 0 aliphatic heterocycles. The molecule has 0 saturated carbocycles. The maximum absolute atomic E-state index is 13.0. The number of aliphatic hydroxyl groups is 1. The van der Waals surface area contributed by atoms with Crippen LogP contribution in [0, 0.1) is 6.92 Å².